The lowest BCUT2D eigenvalue weighted by molar-refractivity contribution is 0.262. The van der Waals surface area contributed by atoms with E-state index in [0.29, 0.717) is 17.6 Å². The van der Waals surface area contributed by atoms with Crippen molar-refractivity contribution in [3.05, 3.63) is 29.8 Å². The number of aromatic nitrogens is 4. The summed E-state index contributed by atoms with van der Waals surface area (Å²) in [4.78, 5) is 20.6. The number of carbonyl (C=O) groups excluding carboxylic acids is 1. The maximum atomic E-state index is 12.1. The van der Waals surface area contributed by atoms with Crippen LogP contribution in [-0.4, -0.2) is 26.2 Å². The number of hydrogen-bond donors (Lipinski definition) is 3. The molecule has 0 atom stereocenters. The van der Waals surface area contributed by atoms with Gasteiger partial charge in [0.1, 0.15) is 0 Å². The number of aromatic amines is 1. The van der Waals surface area contributed by atoms with Gasteiger partial charge in [0.05, 0.1) is 23.3 Å². The Kier molecular flexibility index (Phi) is 3.56. The number of nitrogens with zero attached hydrogens (tertiary/aromatic N) is 3. The quantitative estimate of drug-likeness (QED) is 0.812. The first-order chi connectivity index (χ1) is 10.4. The van der Waals surface area contributed by atoms with E-state index in [2.05, 4.69) is 51.6 Å². The first-order valence-electron chi connectivity index (χ1n) is 7.38. The number of H-pyrrole nitrogens is 1. The molecular weight excluding hydrogens is 280 g/mol. The van der Waals surface area contributed by atoms with E-state index in [1.165, 1.54) is 0 Å². The topological polar surface area (TPSA) is 95.6 Å². The molecule has 2 aromatic heterocycles. The Balaban J connectivity index is 1.68. The molecule has 0 aliphatic heterocycles. The number of amides is 2. The molecule has 1 aliphatic carbocycles. The predicted molar refractivity (Wildman–Crippen MR) is 83.9 cm³/mol. The molecular formula is C15H20N6O. The third kappa shape index (κ3) is 3.24. The molecule has 0 unspecified atom stereocenters. The molecule has 1 aliphatic rings. The second-order valence-corrected chi connectivity index (χ2v) is 6.57. The van der Waals surface area contributed by atoms with Gasteiger partial charge in [-0.25, -0.2) is 14.8 Å². The van der Waals surface area contributed by atoms with Crippen LogP contribution in [0.15, 0.2) is 18.5 Å². The number of urea groups is 1. The van der Waals surface area contributed by atoms with Crippen LogP contribution in [0.3, 0.4) is 0 Å². The number of carbonyl (C=O) groups is 1. The average Bonchev–Trinajstić information content (AvgIpc) is 3.19. The fourth-order valence-electron chi connectivity index (χ4n) is 2.17. The molecule has 3 N–H and O–H groups in total. The van der Waals surface area contributed by atoms with Gasteiger partial charge in [-0.05, 0) is 18.9 Å². The van der Waals surface area contributed by atoms with Gasteiger partial charge in [-0.2, -0.15) is 5.10 Å². The molecule has 0 spiro atoms. The van der Waals surface area contributed by atoms with Crippen molar-refractivity contribution in [3.8, 4) is 0 Å². The number of anilines is 2. The fourth-order valence-corrected chi connectivity index (χ4v) is 2.17. The average molecular weight is 300 g/mol. The molecule has 7 nitrogen and oxygen atoms in total. The summed E-state index contributed by atoms with van der Waals surface area (Å²) in [5.74, 6) is 0.777. The molecule has 1 fully saturated rings. The molecule has 2 heterocycles. The van der Waals surface area contributed by atoms with Crippen molar-refractivity contribution in [2.75, 3.05) is 10.6 Å². The minimum Gasteiger partial charge on any atom is -0.304 e. The van der Waals surface area contributed by atoms with E-state index in [-0.39, 0.29) is 11.4 Å². The molecule has 7 heteroatoms. The van der Waals surface area contributed by atoms with E-state index in [1.54, 1.807) is 12.4 Å². The maximum absolute atomic E-state index is 12.1. The van der Waals surface area contributed by atoms with Crippen molar-refractivity contribution in [2.24, 2.45) is 0 Å². The summed E-state index contributed by atoms with van der Waals surface area (Å²) in [6.07, 6.45) is 5.54. The van der Waals surface area contributed by atoms with Gasteiger partial charge in [-0.3, -0.25) is 10.4 Å². The molecule has 2 amide bonds. The Morgan fingerprint density at radius 1 is 1.32 bits per heavy atom. The van der Waals surface area contributed by atoms with Crippen LogP contribution in [-0.2, 0) is 5.41 Å². The van der Waals surface area contributed by atoms with Gasteiger partial charge >= 0.3 is 6.03 Å². The van der Waals surface area contributed by atoms with Gasteiger partial charge in [0.15, 0.2) is 0 Å². The van der Waals surface area contributed by atoms with Crippen LogP contribution in [0.1, 0.15) is 50.9 Å². The van der Waals surface area contributed by atoms with Gasteiger partial charge in [0.2, 0.25) is 5.95 Å². The highest BCUT2D eigenvalue weighted by Crippen LogP contribution is 2.42. The molecule has 0 radical (unpaired) electrons. The Bertz CT molecular complexity index is 683. The van der Waals surface area contributed by atoms with E-state index in [0.717, 1.165) is 24.2 Å². The van der Waals surface area contributed by atoms with E-state index in [1.807, 2.05) is 6.07 Å². The number of hydrogen-bond acceptors (Lipinski definition) is 4. The SMILES string of the molecule is CC(C)(C)c1ccnc(NC(=O)Nc2cn[nH]c2C2CC2)n1. The highest BCUT2D eigenvalue weighted by molar-refractivity contribution is 5.99. The number of nitrogens with one attached hydrogen (secondary N) is 3. The maximum Gasteiger partial charge on any atom is 0.326 e. The first kappa shape index (κ1) is 14.5. The molecule has 22 heavy (non-hydrogen) atoms. The minimum atomic E-state index is -0.366. The molecule has 0 aromatic carbocycles. The van der Waals surface area contributed by atoms with Crippen molar-refractivity contribution < 1.29 is 4.79 Å². The monoisotopic (exact) mass is 300 g/mol. The van der Waals surface area contributed by atoms with Crippen molar-refractivity contribution in [1.29, 1.82) is 0 Å². The third-order valence-corrected chi connectivity index (χ3v) is 3.55. The zero-order valence-electron chi connectivity index (χ0n) is 13.0. The van der Waals surface area contributed by atoms with Gasteiger partial charge in [0, 0.05) is 17.5 Å². The van der Waals surface area contributed by atoms with Crippen molar-refractivity contribution >= 4 is 17.7 Å². The van der Waals surface area contributed by atoms with E-state index >= 15 is 0 Å². The molecule has 1 saturated carbocycles. The normalized spacial score (nSPS) is 14.7. The highest BCUT2D eigenvalue weighted by Gasteiger charge is 2.28. The van der Waals surface area contributed by atoms with E-state index in [9.17, 15) is 4.79 Å². The van der Waals surface area contributed by atoms with Crippen molar-refractivity contribution in [2.45, 2.75) is 44.9 Å². The standard InChI is InChI=1S/C15H20N6O/c1-15(2,3)11-6-7-16-13(19-11)20-14(22)18-10-8-17-21-12(10)9-4-5-9/h6-9H,4-5H2,1-3H3,(H,17,21)(H2,16,18,19,20,22). The molecule has 2 aromatic rings. The summed E-state index contributed by atoms with van der Waals surface area (Å²) in [5.41, 5.74) is 2.48. The van der Waals surface area contributed by atoms with Crippen LogP contribution < -0.4 is 10.6 Å². The smallest absolute Gasteiger partial charge is 0.304 e. The molecule has 3 rings (SSSR count). The summed E-state index contributed by atoms with van der Waals surface area (Å²) in [6, 6.07) is 1.49. The first-order valence-corrected chi connectivity index (χ1v) is 7.38. The van der Waals surface area contributed by atoms with E-state index in [4.69, 9.17) is 0 Å². The van der Waals surface area contributed by atoms with Crippen LogP contribution in [0.5, 0.6) is 0 Å². The molecule has 0 bridgehead atoms. The highest BCUT2D eigenvalue weighted by atomic mass is 16.2. The van der Waals surface area contributed by atoms with Crippen molar-refractivity contribution in [1.82, 2.24) is 20.2 Å². The van der Waals surface area contributed by atoms with Gasteiger partial charge in [-0.15, -0.1) is 0 Å². The Hall–Kier alpha value is -2.44. The largest absolute Gasteiger partial charge is 0.326 e. The third-order valence-electron chi connectivity index (χ3n) is 3.55. The Labute approximate surface area is 129 Å². The summed E-state index contributed by atoms with van der Waals surface area (Å²) in [6.45, 7) is 6.19. The second-order valence-electron chi connectivity index (χ2n) is 6.57. The van der Waals surface area contributed by atoms with Gasteiger partial charge in [-0.1, -0.05) is 20.8 Å². The lowest BCUT2D eigenvalue weighted by atomic mass is 9.92. The summed E-state index contributed by atoms with van der Waals surface area (Å²) in [5, 5.41) is 12.4. The minimum absolute atomic E-state index is 0.0977. The fraction of sp³-hybridized carbons (Fsp3) is 0.467. The second kappa shape index (κ2) is 5.40. The van der Waals surface area contributed by atoms with Crippen molar-refractivity contribution in [3.63, 3.8) is 0 Å². The summed E-state index contributed by atoms with van der Waals surface area (Å²) in [7, 11) is 0. The van der Waals surface area contributed by atoms with Crippen LogP contribution in [0, 0.1) is 0 Å². The van der Waals surface area contributed by atoms with E-state index < -0.39 is 0 Å². The van der Waals surface area contributed by atoms with Gasteiger partial charge in [0.25, 0.3) is 0 Å². The Morgan fingerprint density at radius 3 is 2.77 bits per heavy atom. The molecule has 0 saturated heterocycles. The zero-order chi connectivity index (χ0) is 15.7. The molecule has 116 valence electrons. The van der Waals surface area contributed by atoms with Crippen LogP contribution >= 0.6 is 0 Å². The zero-order valence-corrected chi connectivity index (χ0v) is 13.0. The lowest BCUT2D eigenvalue weighted by Gasteiger charge is -2.17. The summed E-state index contributed by atoms with van der Waals surface area (Å²) >= 11 is 0. The lowest BCUT2D eigenvalue weighted by Crippen LogP contribution is -2.22. The van der Waals surface area contributed by atoms with Gasteiger partial charge < -0.3 is 5.32 Å². The predicted octanol–water partition coefficient (Wildman–Crippen LogP) is 3.02. The van der Waals surface area contributed by atoms with Crippen LogP contribution in [0.2, 0.25) is 0 Å². The van der Waals surface area contributed by atoms with Crippen LogP contribution in [0.4, 0.5) is 16.4 Å². The Morgan fingerprint density at radius 2 is 2.09 bits per heavy atom. The summed E-state index contributed by atoms with van der Waals surface area (Å²) < 4.78 is 0. The number of rotatable bonds is 3. The van der Waals surface area contributed by atoms with Crippen LogP contribution in [0.25, 0.3) is 0 Å².